The van der Waals surface area contributed by atoms with Crippen LogP contribution >= 0.6 is 0 Å². The second-order valence-corrected chi connectivity index (χ2v) is 2.99. The van der Waals surface area contributed by atoms with Gasteiger partial charge < -0.3 is 9.73 Å². The number of allylic oxidation sites excluding steroid dienone is 1. The van der Waals surface area contributed by atoms with Crippen LogP contribution in [0.25, 0.3) is 0 Å². The maximum absolute atomic E-state index is 5.16. The number of rotatable bonds is 4. The molecule has 0 spiro atoms. The summed E-state index contributed by atoms with van der Waals surface area (Å²) in [4.78, 5) is 0. The quantitative estimate of drug-likeness (QED) is 0.547. The lowest BCUT2D eigenvalue weighted by Gasteiger charge is -1.97. The van der Waals surface area contributed by atoms with Gasteiger partial charge in [-0.25, -0.2) is 0 Å². The van der Waals surface area contributed by atoms with Crippen molar-refractivity contribution in [2.24, 2.45) is 0 Å². The Morgan fingerprint density at radius 1 is 1.58 bits per heavy atom. The van der Waals surface area contributed by atoms with Crippen LogP contribution in [0.1, 0.15) is 19.6 Å². The molecule has 0 aliphatic carbocycles. The largest absolute Gasteiger partial charge is 0.468 e. The van der Waals surface area contributed by atoms with Crippen LogP contribution in [0.5, 0.6) is 0 Å². The lowest BCUT2D eigenvalue weighted by Crippen LogP contribution is -2.12. The molecule has 2 nitrogen and oxygen atoms in total. The molecule has 0 unspecified atom stereocenters. The summed E-state index contributed by atoms with van der Waals surface area (Å²) in [7, 11) is 0. The normalized spacial score (nSPS) is 9.83. The third-order valence-electron chi connectivity index (χ3n) is 1.53. The highest BCUT2D eigenvalue weighted by molar-refractivity contribution is 4.99. The highest BCUT2D eigenvalue weighted by atomic mass is 16.3. The Morgan fingerprint density at radius 3 is 3.00 bits per heavy atom. The van der Waals surface area contributed by atoms with Gasteiger partial charge in [-0.05, 0) is 26.0 Å². The van der Waals surface area contributed by atoms with Gasteiger partial charge in [0.05, 0.1) is 12.8 Å². The average Bonchev–Trinajstić information content (AvgIpc) is 2.49. The molecule has 1 rings (SSSR count). The minimum Gasteiger partial charge on any atom is -0.468 e. The van der Waals surface area contributed by atoms with Crippen LogP contribution in [0.15, 0.2) is 34.5 Å². The van der Waals surface area contributed by atoms with Crippen molar-refractivity contribution in [1.82, 2.24) is 5.32 Å². The van der Waals surface area contributed by atoms with Gasteiger partial charge in [0.15, 0.2) is 0 Å². The van der Waals surface area contributed by atoms with Crippen LogP contribution in [0.4, 0.5) is 0 Å². The van der Waals surface area contributed by atoms with Crippen LogP contribution in [0.3, 0.4) is 0 Å². The molecule has 1 N–H and O–H groups in total. The van der Waals surface area contributed by atoms with E-state index in [1.165, 1.54) is 5.57 Å². The Kier molecular flexibility index (Phi) is 3.61. The standard InChI is InChI=1S/C10H15NO/c1-9(2)5-6-11-8-10-4-3-7-12-10/h3-5,7,11H,6,8H2,1-2H3. The molecule has 66 valence electrons. The molecule has 0 fully saturated rings. The zero-order chi connectivity index (χ0) is 8.81. The van der Waals surface area contributed by atoms with E-state index >= 15 is 0 Å². The molecule has 0 aromatic carbocycles. The van der Waals surface area contributed by atoms with Gasteiger partial charge in [0.1, 0.15) is 5.76 Å². The molecular weight excluding hydrogens is 150 g/mol. The van der Waals surface area contributed by atoms with E-state index in [2.05, 4.69) is 25.2 Å². The summed E-state index contributed by atoms with van der Waals surface area (Å²) in [5.41, 5.74) is 1.34. The van der Waals surface area contributed by atoms with E-state index in [1.807, 2.05) is 12.1 Å². The zero-order valence-electron chi connectivity index (χ0n) is 7.63. The molecule has 0 bridgehead atoms. The predicted octanol–water partition coefficient (Wildman–Crippen LogP) is 2.34. The summed E-state index contributed by atoms with van der Waals surface area (Å²) in [6, 6.07) is 3.87. The summed E-state index contributed by atoms with van der Waals surface area (Å²) >= 11 is 0. The van der Waals surface area contributed by atoms with Crippen LogP contribution < -0.4 is 5.32 Å². The van der Waals surface area contributed by atoms with Crippen molar-refractivity contribution in [2.75, 3.05) is 6.54 Å². The highest BCUT2D eigenvalue weighted by Crippen LogP contribution is 1.98. The van der Waals surface area contributed by atoms with Gasteiger partial charge in [0.2, 0.25) is 0 Å². The first-order valence-corrected chi connectivity index (χ1v) is 4.15. The van der Waals surface area contributed by atoms with Crippen molar-refractivity contribution in [3.05, 3.63) is 35.8 Å². The zero-order valence-corrected chi connectivity index (χ0v) is 7.63. The first-order valence-electron chi connectivity index (χ1n) is 4.15. The highest BCUT2D eigenvalue weighted by Gasteiger charge is 1.91. The van der Waals surface area contributed by atoms with Gasteiger partial charge in [-0.1, -0.05) is 11.6 Å². The molecule has 0 saturated heterocycles. The smallest absolute Gasteiger partial charge is 0.117 e. The van der Waals surface area contributed by atoms with Crippen molar-refractivity contribution in [3.63, 3.8) is 0 Å². The third-order valence-corrected chi connectivity index (χ3v) is 1.53. The van der Waals surface area contributed by atoms with E-state index < -0.39 is 0 Å². The first-order chi connectivity index (χ1) is 5.79. The van der Waals surface area contributed by atoms with Crippen molar-refractivity contribution < 1.29 is 4.42 Å². The van der Waals surface area contributed by atoms with Gasteiger partial charge in [-0.2, -0.15) is 0 Å². The van der Waals surface area contributed by atoms with Gasteiger partial charge in [-0.3, -0.25) is 0 Å². The lowest BCUT2D eigenvalue weighted by molar-refractivity contribution is 0.490. The molecule has 0 radical (unpaired) electrons. The van der Waals surface area contributed by atoms with E-state index in [1.54, 1.807) is 6.26 Å². The molecule has 0 aliphatic heterocycles. The monoisotopic (exact) mass is 165 g/mol. The fourth-order valence-corrected chi connectivity index (χ4v) is 0.885. The summed E-state index contributed by atoms with van der Waals surface area (Å²) in [5, 5.41) is 3.25. The molecule has 0 saturated carbocycles. The second-order valence-electron chi connectivity index (χ2n) is 2.99. The van der Waals surface area contributed by atoms with E-state index in [0.717, 1.165) is 18.8 Å². The molecule has 1 aromatic heterocycles. The summed E-state index contributed by atoms with van der Waals surface area (Å²) in [6.45, 7) is 5.89. The fourth-order valence-electron chi connectivity index (χ4n) is 0.885. The topological polar surface area (TPSA) is 25.2 Å². The summed E-state index contributed by atoms with van der Waals surface area (Å²) < 4.78 is 5.16. The Bertz CT molecular complexity index is 232. The molecule has 1 aromatic rings. The molecule has 0 atom stereocenters. The minimum absolute atomic E-state index is 0.802. The third kappa shape index (κ3) is 3.39. The Morgan fingerprint density at radius 2 is 2.42 bits per heavy atom. The van der Waals surface area contributed by atoms with Crippen LogP contribution in [-0.4, -0.2) is 6.54 Å². The Hall–Kier alpha value is -1.02. The van der Waals surface area contributed by atoms with Gasteiger partial charge in [0, 0.05) is 6.54 Å². The Balaban J connectivity index is 2.16. The number of furan rings is 1. The van der Waals surface area contributed by atoms with Gasteiger partial charge >= 0.3 is 0 Å². The fraction of sp³-hybridized carbons (Fsp3) is 0.400. The van der Waals surface area contributed by atoms with Crippen LogP contribution in [0.2, 0.25) is 0 Å². The van der Waals surface area contributed by atoms with Crippen molar-refractivity contribution >= 4 is 0 Å². The van der Waals surface area contributed by atoms with Gasteiger partial charge in [0.25, 0.3) is 0 Å². The SMILES string of the molecule is CC(C)=CCNCc1ccco1. The van der Waals surface area contributed by atoms with E-state index in [0.29, 0.717) is 0 Å². The molecule has 0 aliphatic rings. The summed E-state index contributed by atoms with van der Waals surface area (Å²) in [6.07, 6.45) is 3.85. The van der Waals surface area contributed by atoms with Crippen molar-refractivity contribution in [1.29, 1.82) is 0 Å². The molecule has 1 heterocycles. The van der Waals surface area contributed by atoms with E-state index in [9.17, 15) is 0 Å². The van der Waals surface area contributed by atoms with Crippen LogP contribution in [0, 0.1) is 0 Å². The number of hydrogen-bond donors (Lipinski definition) is 1. The van der Waals surface area contributed by atoms with Gasteiger partial charge in [-0.15, -0.1) is 0 Å². The van der Waals surface area contributed by atoms with Crippen molar-refractivity contribution in [3.8, 4) is 0 Å². The second kappa shape index (κ2) is 4.78. The summed E-state index contributed by atoms with van der Waals surface area (Å²) in [5.74, 6) is 0.983. The average molecular weight is 165 g/mol. The lowest BCUT2D eigenvalue weighted by atomic mass is 10.3. The number of hydrogen-bond acceptors (Lipinski definition) is 2. The van der Waals surface area contributed by atoms with Crippen molar-refractivity contribution in [2.45, 2.75) is 20.4 Å². The molecule has 2 heteroatoms. The maximum atomic E-state index is 5.16. The predicted molar refractivity (Wildman–Crippen MR) is 49.8 cm³/mol. The van der Waals surface area contributed by atoms with E-state index in [4.69, 9.17) is 4.42 Å². The van der Waals surface area contributed by atoms with Crippen LogP contribution in [-0.2, 0) is 6.54 Å². The molecule has 12 heavy (non-hydrogen) atoms. The first kappa shape index (κ1) is 9.07. The molecule has 0 amide bonds. The Labute approximate surface area is 73.3 Å². The maximum Gasteiger partial charge on any atom is 0.117 e. The molecular formula is C10H15NO. The number of nitrogens with one attached hydrogen (secondary N) is 1. The minimum atomic E-state index is 0.802. The van der Waals surface area contributed by atoms with E-state index in [-0.39, 0.29) is 0 Å².